The lowest BCUT2D eigenvalue weighted by atomic mass is 10.3. The maximum Gasteiger partial charge on any atom is 0.0661 e. The van der Waals surface area contributed by atoms with Crippen molar-refractivity contribution in [2.75, 3.05) is 5.75 Å². The zero-order valence-electron chi connectivity index (χ0n) is 7.63. The van der Waals surface area contributed by atoms with Gasteiger partial charge in [0.1, 0.15) is 0 Å². The largest absolute Gasteiger partial charge is 0.198 e. The predicted octanol–water partition coefficient (Wildman–Crippen LogP) is 4.25. The Hall–Kier alpha value is -0.360. The van der Waals surface area contributed by atoms with Crippen LogP contribution in [-0.2, 0) is 0 Å². The standard InChI is InChI=1S/C10H9Cl2NS/c1-7(5-13)6-14-10-4-8(11)2-3-9(10)12/h2-4,7H,6H2,1H3. The molecule has 0 heterocycles. The molecule has 0 aliphatic heterocycles. The third-order valence-electron chi connectivity index (χ3n) is 1.60. The molecule has 0 amide bonds. The molecule has 1 aromatic rings. The molecule has 0 saturated heterocycles. The number of hydrogen-bond acceptors (Lipinski definition) is 2. The van der Waals surface area contributed by atoms with E-state index in [4.69, 9.17) is 28.5 Å². The van der Waals surface area contributed by atoms with Crippen molar-refractivity contribution in [2.45, 2.75) is 11.8 Å². The zero-order chi connectivity index (χ0) is 10.6. The van der Waals surface area contributed by atoms with Gasteiger partial charge in [0.05, 0.1) is 17.0 Å². The molecule has 1 rings (SSSR count). The van der Waals surface area contributed by atoms with Crippen molar-refractivity contribution in [2.24, 2.45) is 5.92 Å². The molecule has 0 radical (unpaired) electrons. The molecule has 0 saturated carbocycles. The highest BCUT2D eigenvalue weighted by Gasteiger charge is 2.05. The maximum absolute atomic E-state index is 8.61. The molecule has 4 heteroatoms. The second-order valence-electron chi connectivity index (χ2n) is 2.92. The number of hydrogen-bond donors (Lipinski definition) is 0. The van der Waals surface area contributed by atoms with E-state index in [1.165, 1.54) is 0 Å². The van der Waals surface area contributed by atoms with Gasteiger partial charge in [-0.05, 0) is 25.1 Å². The molecule has 0 fully saturated rings. The van der Waals surface area contributed by atoms with Gasteiger partial charge in [-0.2, -0.15) is 5.26 Å². The minimum Gasteiger partial charge on any atom is -0.198 e. The minimum absolute atomic E-state index is 0.0232. The molecule has 0 aromatic heterocycles. The molecule has 1 atom stereocenters. The lowest BCUT2D eigenvalue weighted by Crippen LogP contribution is -1.93. The SMILES string of the molecule is CC(C#N)CSc1cc(Cl)ccc1Cl. The first-order valence-corrected chi connectivity index (χ1v) is 5.85. The molecule has 1 nitrogen and oxygen atoms in total. The molecule has 0 spiro atoms. The Labute approximate surface area is 98.0 Å². The quantitative estimate of drug-likeness (QED) is 0.744. The summed E-state index contributed by atoms with van der Waals surface area (Å²) in [5, 5.41) is 9.97. The fourth-order valence-electron chi connectivity index (χ4n) is 0.840. The van der Waals surface area contributed by atoms with Crippen LogP contribution in [-0.4, -0.2) is 5.75 Å². The Morgan fingerprint density at radius 3 is 2.86 bits per heavy atom. The zero-order valence-corrected chi connectivity index (χ0v) is 9.96. The summed E-state index contributed by atoms with van der Waals surface area (Å²) >= 11 is 13.3. The van der Waals surface area contributed by atoms with E-state index in [0.717, 1.165) is 10.6 Å². The van der Waals surface area contributed by atoms with Crippen LogP contribution in [0.25, 0.3) is 0 Å². The number of halogens is 2. The van der Waals surface area contributed by atoms with E-state index in [1.807, 2.05) is 13.0 Å². The van der Waals surface area contributed by atoms with E-state index in [9.17, 15) is 0 Å². The second kappa shape index (κ2) is 5.50. The summed E-state index contributed by atoms with van der Waals surface area (Å²) < 4.78 is 0. The molecule has 1 aromatic carbocycles. The van der Waals surface area contributed by atoms with E-state index < -0.39 is 0 Å². The van der Waals surface area contributed by atoms with Gasteiger partial charge in [0.2, 0.25) is 0 Å². The number of nitrogens with zero attached hydrogens (tertiary/aromatic N) is 1. The molecule has 14 heavy (non-hydrogen) atoms. The molecular formula is C10H9Cl2NS. The summed E-state index contributed by atoms with van der Waals surface area (Å²) in [7, 11) is 0. The van der Waals surface area contributed by atoms with Crippen LogP contribution in [0.1, 0.15) is 6.92 Å². The summed E-state index contributed by atoms with van der Waals surface area (Å²) in [5.41, 5.74) is 0. The second-order valence-corrected chi connectivity index (χ2v) is 4.82. The van der Waals surface area contributed by atoms with Crippen molar-refractivity contribution in [1.82, 2.24) is 0 Å². The van der Waals surface area contributed by atoms with E-state index in [-0.39, 0.29) is 5.92 Å². The summed E-state index contributed by atoms with van der Waals surface area (Å²) in [5.74, 6) is 0.756. The number of nitriles is 1. The molecule has 0 bridgehead atoms. The Bertz CT molecular complexity index is 360. The van der Waals surface area contributed by atoms with E-state index in [0.29, 0.717) is 10.0 Å². The van der Waals surface area contributed by atoms with Crippen molar-refractivity contribution in [3.63, 3.8) is 0 Å². The van der Waals surface area contributed by atoms with Crippen LogP contribution in [0.3, 0.4) is 0 Å². The van der Waals surface area contributed by atoms with Gasteiger partial charge in [-0.15, -0.1) is 11.8 Å². The van der Waals surface area contributed by atoms with Gasteiger partial charge < -0.3 is 0 Å². The van der Waals surface area contributed by atoms with E-state index in [2.05, 4.69) is 6.07 Å². The van der Waals surface area contributed by atoms with Crippen LogP contribution in [0.2, 0.25) is 10.0 Å². The van der Waals surface area contributed by atoms with Gasteiger partial charge >= 0.3 is 0 Å². The smallest absolute Gasteiger partial charge is 0.0661 e. The van der Waals surface area contributed by atoms with Crippen molar-refractivity contribution in [3.05, 3.63) is 28.2 Å². The van der Waals surface area contributed by atoms with Gasteiger partial charge in [-0.25, -0.2) is 0 Å². The maximum atomic E-state index is 8.61. The van der Waals surface area contributed by atoms with E-state index >= 15 is 0 Å². The minimum atomic E-state index is 0.0232. The number of thioether (sulfide) groups is 1. The van der Waals surface area contributed by atoms with Crippen molar-refractivity contribution < 1.29 is 0 Å². The lowest BCUT2D eigenvalue weighted by Gasteiger charge is -2.05. The average Bonchev–Trinajstić information content (AvgIpc) is 2.19. The Kier molecular flexibility index (Phi) is 4.60. The fourth-order valence-corrected chi connectivity index (χ4v) is 2.28. The van der Waals surface area contributed by atoms with Crippen LogP contribution in [0, 0.1) is 17.2 Å². The monoisotopic (exact) mass is 245 g/mol. The summed E-state index contributed by atoms with van der Waals surface area (Å²) in [6, 6.07) is 7.51. The van der Waals surface area contributed by atoms with Gasteiger partial charge in [0.15, 0.2) is 0 Å². The molecular weight excluding hydrogens is 237 g/mol. The predicted molar refractivity (Wildman–Crippen MR) is 62.0 cm³/mol. The Balaban J connectivity index is 2.67. The van der Waals surface area contributed by atoms with Crippen LogP contribution < -0.4 is 0 Å². The molecule has 1 unspecified atom stereocenters. The summed E-state index contributed by atoms with van der Waals surface area (Å²) in [4.78, 5) is 0.932. The van der Waals surface area contributed by atoms with Crippen LogP contribution in [0.15, 0.2) is 23.1 Å². The third kappa shape index (κ3) is 3.42. The summed E-state index contributed by atoms with van der Waals surface area (Å²) in [6.07, 6.45) is 0. The van der Waals surface area contributed by atoms with Crippen LogP contribution in [0.4, 0.5) is 0 Å². The number of rotatable bonds is 3. The summed E-state index contributed by atoms with van der Waals surface area (Å²) in [6.45, 7) is 1.88. The first-order chi connectivity index (χ1) is 6.63. The molecule has 0 N–H and O–H groups in total. The van der Waals surface area contributed by atoms with Crippen molar-refractivity contribution >= 4 is 35.0 Å². The number of benzene rings is 1. The highest BCUT2D eigenvalue weighted by atomic mass is 35.5. The Morgan fingerprint density at radius 2 is 2.21 bits per heavy atom. The normalized spacial score (nSPS) is 12.1. The highest BCUT2D eigenvalue weighted by molar-refractivity contribution is 7.99. The molecule has 74 valence electrons. The fraction of sp³-hybridized carbons (Fsp3) is 0.300. The van der Waals surface area contributed by atoms with Crippen LogP contribution in [0.5, 0.6) is 0 Å². The van der Waals surface area contributed by atoms with Gasteiger partial charge in [0.25, 0.3) is 0 Å². The Morgan fingerprint density at radius 1 is 1.50 bits per heavy atom. The highest BCUT2D eigenvalue weighted by Crippen LogP contribution is 2.30. The van der Waals surface area contributed by atoms with Gasteiger partial charge in [-0.1, -0.05) is 23.2 Å². The van der Waals surface area contributed by atoms with Crippen molar-refractivity contribution in [1.29, 1.82) is 5.26 Å². The van der Waals surface area contributed by atoms with Gasteiger partial charge in [0, 0.05) is 15.7 Å². The molecule has 0 aliphatic carbocycles. The average molecular weight is 246 g/mol. The van der Waals surface area contributed by atoms with Crippen LogP contribution >= 0.6 is 35.0 Å². The van der Waals surface area contributed by atoms with Gasteiger partial charge in [-0.3, -0.25) is 0 Å². The first-order valence-electron chi connectivity index (χ1n) is 4.11. The van der Waals surface area contributed by atoms with Crippen molar-refractivity contribution in [3.8, 4) is 6.07 Å². The van der Waals surface area contributed by atoms with E-state index in [1.54, 1.807) is 23.9 Å². The molecule has 0 aliphatic rings. The lowest BCUT2D eigenvalue weighted by molar-refractivity contribution is 0.864. The topological polar surface area (TPSA) is 23.8 Å². The first kappa shape index (κ1) is 11.7. The third-order valence-corrected chi connectivity index (χ3v) is 3.59.